The summed E-state index contributed by atoms with van der Waals surface area (Å²) in [7, 11) is 5.20. The summed E-state index contributed by atoms with van der Waals surface area (Å²) in [5.74, 6) is 1.71. The quantitative estimate of drug-likeness (QED) is 0.0174. The number of anilines is 4. The van der Waals surface area contributed by atoms with Crippen LogP contribution in [0.2, 0.25) is 0 Å². The maximum absolute atomic E-state index is 13.1. The first-order valence-electron chi connectivity index (χ1n) is 48.3. The van der Waals surface area contributed by atoms with E-state index in [1.807, 2.05) is 52.4 Å². The van der Waals surface area contributed by atoms with E-state index in [-0.39, 0.29) is 60.5 Å². The Hall–Kier alpha value is -10.5. The van der Waals surface area contributed by atoms with Gasteiger partial charge >= 0.3 is 6.36 Å². The number of alkyl halides is 3. The number of ketones is 2. The summed E-state index contributed by atoms with van der Waals surface area (Å²) in [5, 5.41) is 37.6. The molecule has 0 saturated carbocycles. The maximum atomic E-state index is 13.1. The zero-order chi connectivity index (χ0) is 94.7. The van der Waals surface area contributed by atoms with Crippen LogP contribution in [0.4, 0.5) is 35.4 Å². The number of oxazole rings is 1. The lowest BCUT2D eigenvalue weighted by atomic mass is 9.89. The van der Waals surface area contributed by atoms with Crippen LogP contribution in [0.25, 0.3) is 43.6 Å². The molecule has 730 valence electrons. The summed E-state index contributed by atoms with van der Waals surface area (Å²) < 4.78 is 61.8. The third-order valence-electron chi connectivity index (χ3n) is 25.8. The molecule has 4 aromatic carbocycles. The number of unbranched alkanes of at least 4 members (excludes halogenated alkanes) is 4. The topological polar surface area (TPSA) is 337 Å². The Morgan fingerprint density at radius 3 is 1.19 bits per heavy atom. The molecular weight excluding hydrogens is 1760 g/mol. The van der Waals surface area contributed by atoms with Crippen LogP contribution < -0.4 is 30.2 Å². The summed E-state index contributed by atoms with van der Waals surface area (Å²) in [5.41, 5.74) is 9.47. The van der Waals surface area contributed by atoms with Crippen LogP contribution in [0.15, 0.2) is 132 Å². The lowest BCUT2D eigenvalue weighted by Gasteiger charge is -2.34. The van der Waals surface area contributed by atoms with Crippen molar-refractivity contribution in [2.45, 2.75) is 162 Å². The maximum Gasteiger partial charge on any atom is 0.522 e. The summed E-state index contributed by atoms with van der Waals surface area (Å²) in [6.45, 7) is 26.9. The van der Waals surface area contributed by atoms with E-state index in [0.29, 0.717) is 77.7 Å². The number of amides is 2. The van der Waals surface area contributed by atoms with Gasteiger partial charge in [0.15, 0.2) is 23.2 Å². The zero-order valence-electron chi connectivity index (χ0n) is 79.5. The van der Waals surface area contributed by atoms with Crippen molar-refractivity contribution in [2.24, 2.45) is 11.8 Å². The van der Waals surface area contributed by atoms with E-state index in [4.69, 9.17) is 18.6 Å². The molecule has 7 N–H and O–H groups in total. The number of Topliss-reactive ketones (excluding diaryl/α,β-unsaturated/α-hetero) is 2. The summed E-state index contributed by atoms with van der Waals surface area (Å²) in [4.78, 5) is 92.1. The molecule has 4 atom stereocenters. The van der Waals surface area contributed by atoms with Gasteiger partial charge in [0, 0.05) is 246 Å². The number of benzene rings is 4. The number of nitrogens with one attached hydrogen (secondary N) is 7. The van der Waals surface area contributed by atoms with Crippen molar-refractivity contribution < 1.29 is 55.7 Å². The second-order valence-corrected chi connectivity index (χ2v) is 37.4. The molecule has 135 heavy (non-hydrogen) atoms. The first kappa shape index (κ1) is 102. The number of carbonyl (C=O) groups excluding carboxylic acids is 4. The van der Waals surface area contributed by atoms with Crippen LogP contribution in [0, 0.1) is 11.8 Å². The number of fused-ring (bicyclic) bond motifs is 4. The fourth-order valence-corrected chi connectivity index (χ4v) is 19.6. The Morgan fingerprint density at radius 1 is 0.444 bits per heavy atom. The molecule has 0 aliphatic carbocycles. The number of nitrogens with zero attached hydrogens (tertiary/aromatic N) is 15. The van der Waals surface area contributed by atoms with Crippen molar-refractivity contribution in [1.82, 2.24) is 90.7 Å². The van der Waals surface area contributed by atoms with E-state index >= 15 is 0 Å². The average Bonchev–Trinajstić information content (AvgIpc) is 1.73. The van der Waals surface area contributed by atoms with Crippen LogP contribution in [-0.2, 0) is 44.6 Å². The molecule has 4 aliphatic heterocycles. The highest BCUT2D eigenvalue weighted by Crippen LogP contribution is 2.33. The molecule has 2 amide bonds. The predicted octanol–water partition coefficient (Wildman–Crippen LogP) is 15.8. The summed E-state index contributed by atoms with van der Waals surface area (Å²) in [6.07, 6.45) is 22.1. The molecule has 0 radical (unpaired) electrons. The molecule has 31 nitrogen and oxygen atoms in total. The third-order valence-corrected chi connectivity index (χ3v) is 27.8. The van der Waals surface area contributed by atoms with E-state index in [1.165, 1.54) is 61.1 Å². The van der Waals surface area contributed by atoms with Crippen molar-refractivity contribution in [3.05, 3.63) is 172 Å². The number of piperazine rings is 4. The van der Waals surface area contributed by atoms with Gasteiger partial charge in [-0.1, -0.05) is 175 Å². The van der Waals surface area contributed by atoms with Gasteiger partial charge in [0.1, 0.15) is 0 Å². The lowest BCUT2D eigenvalue weighted by molar-refractivity contribution is -0.325. The molecule has 0 spiro atoms. The molecule has 8 aromatic heterocycles. The van der Waals surface area contributed by atoms with Crippen LogP contribution in [0.1, 0.15) is 181 Å². The monoisotopic (exact) mass is 1900 g/mol. The standard InChI is InChI=1S/C26H36N4O3.C25H36N6O2.C24H31F3N6O2S.C24H34N6O2S/c1-3-4-7-20(16-21-18-27-23-9-6-5-8-22(21)23)17-24(31)25-19-28-26(33-25)30-12-10-29(11-13-30)14-15-32-2;1-3-4-7-19(16-20-18-26-22-9-6-5-8-21(20)22)17-23(32)24-27-25(29-28-24)31-12-10-30(11-13-31)14-15-33-2;1-2-3-6-18(15-17-16-28-20-8-5-4-7-19(17)20)29-21(34)22-30-31-23(36-22)33-11-9-32(10-12-33)13-14-35-24(25,26)27;1-3-4-7-19(16-18-17-25-21-9-6-5-8-20(18)21)26-22(31)23-27-28-24(33-23)30-12-10-29(11-13-30)14-15-32-2/h5-6,8-9,18-20,27H,3-4,7,10-17H2,1-2H3;5-6,8-9,18-19,26H,3-4,7,10-17H2,1-2H3,(H,27,28,29);4-5,7-8,16,18,28H,2-3,6,9-15H2,1H3,(H,29,34);5-6,8-9,17,19,25H,3-4,7,10-16H2,1-2H3,(H,26,31). The van der Waals surface area contributed by atoms with Gasteiger partial charge in [-0.3, -0.25) is 48.6 Å². The molecular formula is C99H137F3N22O9S2. The van der Waals surface area contributed by atoms with Gasteiger partial charge in [0.2, 0.25) is 26.2 Å². The highest BCUT2D eigenvalue weighted by Gasteiger charge is 2.33. The van der Waals surface area contributed by atoms with Gasteiger partial charge in [-0.2, -0.15) is 4.98 Å². The van der Waals surface area contributed by atoms with Crippen LogP contribution in [-0.4, -0.2) is 301 Å². The summed E-state index contributed by atoms with van der Waals surface area (Å²) in [6, 6.07) is 33.7. The zero-order valence-corrected chi connectivity index (χ0v) is 81.1. The van der Waals surface area contributed by atoms with Crippen LogP contribution in [0.3, 0.4) is 0 Å². The van der Waals surface area contributed by atoms with Gasteiger partial charge in [-0.25, -0.2) is 4.98 Å². The van der Waals surface area contributed by atoms with Gasteiger partial charge in [0.05, 0.1) is 32.6 Å². The van der Waals surface area contributed by atoms with Gasteiger partial charge in [0.25, 0.3) is 17.8 Å². The Kier molecular flexibility index (Phi) is 39.8. The summed E-state index contributed by atoms with van der Waals surface area (Å²) >= 11 is 2.63. The number of H-pyrrole nitrogens is 5. The highest BCUT2D eigenvalue weighted by atomic mass is 32.1. The normalized spacial score (nSPS) is 15.9. The minimum absolute atomic E-state index is 0.0218. The van der Waals surface area contributed by atoms with Crippen molar-refractivity contribution in [3.8, 4) is 0 Å². The first-order valence-corrected chi connectivity index (χ1v) is 50.0. The second-order valence-electron chi connectivity index (χ2n) is 35.5. The number of methoxy groups -OCH3 is 3. The molecule has 0 bridgehead atoms. The van der Waals surface area contributed by atoms with Crippen LogP contribution in [0.5, 0.6) is 0 Å². The molecule has 36 heteroatoms. The van der Waals surface area contributed by atoms with Crippen molar-refractivity contribution in [1.29, 1.82) is 0 Å². The smallest absolute Gasteiger partial charge is 0.420 e. The minimum Gasteiger partial charge on any atom is -0.420 e. The number of para-hydroxylation sites is 4. The number of ether oxygens (including phenoxy) is 4. The predicted molar refractivity (Wildman–Crippen MR) is 528 cm³/mol. The van der Waals surface area contributed by atoms with E-state index in [0.717, 1.165) is 253 Å². The Labute approximate surface area is 797 Å². The molecule has 16 rings (SSSR count). The number of aromatic nitrogens is 12. The van der Waals surface area contributed by atoms with Crippen LogP contribution >= 0.6 is 22.7 Å². The molecule has 12 heterocycles. The number of hydrogen-bond acceptors (Lipinski definition) is 26. The number of aromatic amines is 5. The molecule has 4 fully saturated rings. The Balaban J connectivity index is 0.000000153. The Morgan fingerprint density at radius 2 is 0.800 bits per heavy atom. The van der Waals surface area contributed by atoms with Crippen molar-refractivity contribution in [3.63, 3.8) is 0 Å². The van der Waals surface area contributed by atoms with Gasteiger partial charge < -0.3 is 68.8 Å². The fourth-order valence-electron chi connectivity index (χ4n) is 18.0. The number of halogens is 3. The Bertz CT molecular complexity index is 5150. The first-order chi connectivity index (χ1) is 65.8. The van der Waals surface area contributed by atoms with E-state index in [9.17, 15) is 32.3 Å². The number of carbonyl (C=O) groups is 4. The van der Waals surface area contributed by atoms with Gasteiger partial charge in [-0.15, -0.1) is 38.7 Å². The van der Waals surface area contributed by atoms with E-state index in [2.05, 4.69) is 212 Å². The van der Waals surface area contributed by atoms with Gasteiger partial charge in [-0.05, 0) is 110 Å². The second kappa shape index (κ2) is 52.7. The van der Waals surface area contributed by atoms with Crippen molar-refractivity contribution >= 4 is 112 Å². The molecule has 4 unspecified atom stereocenters. The SMILES string of the molecule is CCCCC(CC(=O)c1cnc(N2CCN(CCOC)CC2)o1)Cc1c[nH]c2ccccc12.CCCCC(CC(=O)c1nc(N2CCN(CCOC)CC2)n[nH]1)Cc1c[nH]c2ccccc12.CCCCC(Cc1c[nH]c2ccccc12)NC(=O)c1nnc(N2CCN(CCOC(F)(F)F)CC2)s1.CCCCC(Cc1c[nH]c2ccccc12)NC(=O)c1nnc(N2CCN(CCOC)CC2)s1. The molecule has 4 saturated heterocycles. The molecule has 12 aromatic rings. The fraction of sp³-hybridized carbons (Fsp3) is 0.545. The largest absolute Gasteiger partial charge is 0.522 e. The van der Waals surface area contributed by atoms with Crippen molar-refractivity contribution in [2.75, 3.05) is 198 Å². The third kappa shape index (κ3) is 30.5. The highest BCUT2D eigenvalue weighted by molar-refractivity contribution is 7.17. The van der Waals surface area contributed by atoms with E-state index in [1.54, 1.807) is 27.5 Å². The van der Waals surface area contributed by atoms with E-state index < -0.39 is 6.36 Å². The lowest BCUT2D eigenvalue weighted by Crippen LogP contribution is -2.47. The minimum atomic E-state index is -4.60. The number of rotatable bonds is 46. The number of hydrogen-bond donors (Lipinski definition) is 7. The average molecular weight is 1900 g/mol. The molecule has 4 aliphatic rings.